The third-order valence-corrected chi connectivity index (χ3v) is 8.76. The summed E-state index contributed by atoms with van der Waals surface area (Å²) in [5, 5.41) is 3.33. The van der Waals surface area contributed by atoms with Gasteiger partial charge in [-0.25, -0.2) is 4.98 Å². The van der Waals surface area contributed by atoms with Crippen LogP contribution in [-0.4, -0.2) is 45.9 Å². The first kappa shape index (κ1) is 19.7. The molecule has 4 saturated carbocycles. The number of amides is 1. The topological polar surface area (TPSA) is 75.7 Å². The van der Waals surface area contributed by atoms with E-state index in [2.05, 4.69) is 17.1 Å². The third-order valence-electron chi connectivity index (χ3n) is 8.76. The average molecular weight is 422 g/mol. The molecule has 0 aromatic carbocycles. The fourth-order valence-corrected chi connectivity index (χ4v) is 7.64. The van der Waals surface area contributed by atoms with Crippen molar-refractivity contribution in [3.63, 3.8) is 0 Å². The van der Waals surface area contributed by atoms with Crippen molar-refractivity contribution >= 4 is 11.6 Å². The zero-order valence-corrected chi connectivity index (χ0v) is 18.6. The normalized spacial score (nSPS) is 35.7. The second-order valence-corrected chi connectivity index (χ2v) is 11.1. The molecule has 1 unspecified atom stereocenters. The van der Waals surface area contributed by atoms with E-state index in [1.807, 2.05) is 28.8 Å². The first-order chi connectivity index (χ1) is 15.0. The van der Waals surface area contributed by atoms with E-state index in [0.29, 0.717) is 11.1 Å². The quantitative estimate of drug-likeness (QED) is 0.776. The molecular formula is C25H35N5O. The van der Waals surface area contributed by atoms with Crippen LogP contribution in [0, 0.1) is 23.2 Å². The lowest BCUT2D eigenvalue weighted by molar-refractivity contribution is -0.0503. The number of carbonyl (C=O) groups excluding carboxylic acids is 1. The fourth-order valence-electron chi connectivity index (χ4n) is 7.64. The van der Waals surface area contributed by atoms with Gasteiger partial charge in [-0.2, -0.15) is 0 Å². The van der Waals surface area contributed by atoms with Crippen LogP contribution >= 0.6 is 0 Å². The monoisotopic (exact) mass is 421 g/mol. The molecule has 6 heteroatoms. The van der Waals surface area contributed by atoms with Gasteiger partial charge in [0.2, 0.25) is 0 Å². The molecule has 31 heavy (non-hydrogen) atoms. The summed E-state index contributed by atoms with van der Waals surface area (Å²) in [7, 11) is 0. The summed E-state index contributed by atoms with van der Waals surface area (Å²) in [6.07, 6.45) is 11.3. The Morgan fingerprint density at radius 2 is 1.94 bits per heavy atom. The number of nitrogens with one attached hydrogen (secondary N) is 1. The van der Waals surface area contributed by atoms with Crippen LogP contribution in [0.2, 0.25) is 0 Å². The van der Waals surface area contributed by atoms with Crippen LogP contribution in [-0.2, 0) is 0 Å². The van der Waals surface area contributed by atoms with Gasteiger partial charge in [-0.05, 0) is 87.2 Å². The molecule has 5 fully saturated rings. The van der Waals surface area contributed by atoms with E-state index in [0.717, 1.165) is 55.1 Å². The van der Waals surface area contributed by atoms with E-state index in [-0.39, 0.29) is 18.0 Å². The molecule has 5 aliphatic rings. The molecule has 1 saturated heterocycles. The number of hydrogen-bond donors (Lipinski definition) is 2. The molecule has 1 amide bonds. The summed E-state index contributed by atoms with van der Waals surface area (Å²) in [6.45, 7) is 4.93. The summed E-state index contributed by atoms with van der Waals surface area (Å²) < 4.78 is 1.97. The van der Waals surface area contributed by atoms with Crippen molar-refractivity contribution in [2.24, 2.45) is 28.9 Å². The van der Waals surface area contributed by atoms with E-state index in [4.69, 9.17) is 10.7 Å². The van der Waals surface area contributed by atoms with Crippen molar-refractivity contribution in [1.29, 1.82) is 0 Å². The number of aromatic nitrogens is 2. The Bertz CT molecular complexity index is 962. The highest BCUT2D eigenvalue weighted by Crippen LogP contribution is 2.59. The second kappa shape index (κ2) is 7.31. The highest BCUT2D eigenvalue weighted by Gasteiger charge is 2.50. The molecule has 4 bridgehead atoms. The van der Waals surface area contributed by atoms with Crippen molar-refractivity contribution in [1.82, 2.24) is 19.6 Å². The molecule has 3 N–H and O–H groups in total. The van der Waals surface area contributed by atoms with E-state index in [1.165, 1.54) is 38.5 Å². The van der Waals surface area contributed by atoms with Gasteiger partial charge in [-0.1, -0.05) is 6.07 Å². The Morgan fingerprint density at radius 1 is 1.23 bits per heavy atom. The maximum Gasteiger partial charge on any atom is 0.268 e. The van der Waals surface area contributed by atoms with Gasteiger partial charge in [0.1, 0.15) is 11.3 Å². The lowest BCUT2D eigenvalue weighted by atomic mass is 9.49. The first-order valence-corrected chi connectivity index (χ1v) is 12.2. The number of hydrogen-bond acceptors (Lipinski definition) is 4. The molecule has 1 aliphatic heterocycles. The number of nitrogens with zero attached hydrogens (tertiary/aromatic N) is 3. The minimum absolute atomic E-state index is 0.0288. The standard InChI is InChI=1S/C25H35N5O/c1-16(29-6-5-20(26)13-29)21-14-30-22(3-2-4-23(30)28-21)24(31)27-15-25-10-17-7-18(11-25)9-19(8-17)12-25/h2-4,14,16-20H,5-13,15,26H2,1H3,(H,27,31)/t16?,17?,18?,19?,20-,25?/m1/s1. The SMILES string of the molecule is CC(c1cn2c(C(=O)NCC34CC5CC(CC(C5)C3)C4)cccc2n1)N1CC[C@@H](N)C1. The molecular weight excluding hydrogens is 386 g/mol. The van der Waals surface area contributed by atoms with E-state index in [1.54, 1.807) is 0 Å². The van der Waals surface area contributed by atoms with Gasteiger partial charge in [0, 0.05) is 31.9 Å². The summed E-state index contributed by atoms with van der Waals surface area (Å²) in [6, 6.07) is 6.32. The van der Waals surface area contributed by atoms with Crippen molar-refractivity contribution in [2.45, 2.75) is 64.0 Å². The van der Waals surface area contributed by atoms with Gasteiger partial charge < -0.3 is 11.1 Å². The predicted molar refractivity (Wildman–Crippen MR) is 121 cm³/mol. The number of likely N-dealkylation sites (tertiary alicyclic amines) is 1. The molecule has 0 radical (unpaired) electrons. The van der Waals surface area contributed by atoms with Crippen LogP contribution in [0.4, 0.5) is 0 Å². The van der Waals surface area contributed by atoms with Crippen LogP contribution in [0.25, 0.3) is 5.65 Å². The maximum absolute atomic E-state index is 13.2. The Morgan fingerprint density at radius 3 is 2.58 bits per heavy atom. The van der Waals surface area contributed by atoms with Crippen molar-refractivity contribution in [3.8, 4) is 0 Å². The number of rotatable bonds is 5. The molecule has 7 rings (SSSR count). The predicted octanol–water partition coefficient (Wildman–Crippen LogP) is 3.37. The van der Waals surface area contributed by atoms with E-state index in [9.17, 15) is 4.79 Å². The smallest absolute Gasteiger partial charge is 0.268 e. The fraction of sp³-hybridized carbons (Fsp3) is 0.680. The van der Waals surface area contributed by atoms with Crippen molar-refractivity contribution < 1.29 is 4.79 Å². The van der Waals surface area contributed by atoms with Gasteiger partial charge in [0.15, 0.2) is 0 Å². The van der Waals surface area contributed by atoms with Crippen LogP contribution < -0.4 is 11.1 Å². The van der Waals surface area contributed by atoms with Crippen LogP contribution in [0.3, 0.4) is 0 Å². The largest absolute Gasteiger partial charge is 0.350 e. The molecule has 166 valence electrons. The molecule has 6 nitrogen and oxygen atoms in total. The minimum Gasteiger partial charge on any atom is -0.350 e. The Labute approximate surface area is 184 Å². The zero-order valence-electron chi connectivity index (χ0n) is 18.6. The summed E-state index contributed by atoms with van der Waals surface area (Å²) >= 11 is 0. The lowest BCUT2D eigenvalue weighted by Crippen LogP contribution is -2.51. The molecule has 0 spiro atoms. The molecule has 2 aromatic heterocycles. The van der Waals surface area contributed by atoms with Crippen LogP contribution in [0.15, 0.2) is 24.4 Å². The van der Waals surface area contributed by atoms with Gasteiger partial charge in [0.25, 0.3) is 5.91 Å². The highest BCUT2D eigenvalue weighted by atomic mass is 16.1. The molecule has 2 aromatic rings. The number of carbonyl (C=O) groups is 1. The highest BCUT2D eigenvalue weighted by molar-refractivity contribution is 5.93. The van der Waals surface area contributed by atoms with E-state index >= 15 is 0 Å². The lowest BCUT2D eigenvalue weighted by Gasteiger charge is -2.56. The number of nitrogens with two attached hydrogens (primary N) is 1. The molecule has 2 atom stereocenters. The van der Waals surface area contributed by atoms with Gasteiger partial charge >= 0.3 is 0 Å². The Hall–Kier alpha value is -1.92. The van der Waals surface area contributed by atoms with Crippen LogP contribution in [0.5, 0.6) is 0 Å². The maximum atomic E-state index is 13.2. The minimum atomic E-state index is 0.0288. The second-order valence-electron chi connectivity index (χ2n) is 11.1. The van der Waals surface area contributed by atoms with E-state index < -0.39 is 0 Å². The molecule has 4 aliphatic carbocycles. The van der Waals surface area contributed by atoms with Gasteiger partial charge in [-0.15, -0.1) is 0 Å². The summed E-state index contributed by atoms with van der Waals surface area (Å²) in [4.78, 5) is 20.5. The Balaban J connectivity index is 1.20. The first-order valence-electron chi connectivity index (χ1n) is 12.2. The summed E-state index contributed by atoms with van der Waals surface area (Å²) in [5.74, 6) is 2.75. The summed E-state index contributed by atoms with van der Waals surface area (Å²) in [5.41, 5.74) is 8.99. The average Bonchev–Trinajstić information content (AvgIpc) is 3.36. The number of pyridine rings is 1. The molecule has 3 heterocycles. The third kappa shape index (κ3) is 3.48. The van der Waals surface area contributed by atoms with Gasteiger partial charge in [0.05, 0.1) is 11.7 Å². The number of fused-ring (bicyclic) bond motifs is 1. The van der Waals surface area contributed by atoms with Gasteiger partial charge in [-0.3, -0.25) is 14.1 Å². The van der Waals surface area contributed by atoms with Crippen LogP contribution in [0.1, 0.15) is 74.1 Å². The Kier molecular flexibility index (Phi) is 4.65. The van der Waals surface area contributed by atoms with Crippen molar-refractivity contribution in [2.75, 3.05) is 19.6 Å². The van der Waals surface area contributed by atoms with Crippen molar-refractivity contribution in [3.05, 3.63) is 35.8 Å². The number of imidazole rings is 1. The zero-order chi connectivity index (χ0) is 21.2.